The Morgan fingerprint density at radius 1 is 0.865 bits per heavy atom. The lowest BCUT2D eigenvalue weighted by molar-refractivity contribution is -0.139. The third-order valence-electron chi connectivity index (χ3n) is 8.78. The molecular weight excluding hydrogens is 472 g/mol. The molecule has 0 radical (unpaired) electrons. The Hall–Kier alpha value is -3.94. The molecule has 2 saturated heterocycles. The zero-order valence-electron chi connectivity index (χ0n) is 20.3. The number of hydrogen-bond donors (Lipinski definition) is 0. The Morgan fingerprint density at radius 3 is 2.16 bits per heavy atom. The molecule has 7 atom stereocenters. The van der Waals surface area contributed by atoms with Crippen molar-refractivity contribution in [1.82, 2.24) is 0 Å². The van der Waals surface area contributed by atoms with Crippen LogP contribution in [0.1, 0.15) is 12.8 Å². The fourth-order valence-corrected chi connectivity index (χ4v) is 6.99. The molecule has 188 valence electrons. The topological polar surface area (TPSA) is 93.2 Å². The molecule has 2 heterocycles. The van der Waals surface area contributed by atoms with Crippen molar-refractivity contribution in [2.75, 3.05) is 23.5 Å². The van der Waals surface area contributed by atoms with Crippen molar-refractivity contribution in [3.05, 3.63) is 60.7 Å². The monoisotopic (exact) mass is 498 g/mol. The van der Waals surface area contributed by atoms with Gasteiger partial charge in [-0.25, -0.2) is 4.90 Å². The van der Waals surface area contributed by atoms with E-state index in [0.717, 1.165) is 6.42 Å². The summed E-state index contributed by atoms with van der Waals surface area (Å²) in [7, 11) is 1.56. The number of imide groups is 1. The minimum absolute atomic E-state index is 0.0420. The first-order valence-corrected chi connectivity index (χ1v) is 12.8. The summed E-state index contributed by atoms with van der Waals surface area (Å²) in [5, 5.41) is 0. The van der Waals surface area contributed by atoms with Gasteiger partial charge in [0, 0.05) is 30.8 Å². The molecule has 2 aliphatic heterocycles. The number of anilines is 2. The van der Waals surface area contributed by atoms with Crippen LogP contribution in [0.3, 0.4) is 0 Å². The third-order valence-corrected chi connectivity index (χ3v) is 8.78. The van der Waals surface area contributed by atoms with Gasteiger partial charge in [-0.05, 0) is 54.4 Å². The molecule has 0 N–H and O–H groups in total. The molecule has 8 heteroatoms. The number of methoxy groups -OCH3 is 1. The number of nitrogens with zero attached hydrogens (tertiary/aromatic N) is 2. The molecule has 6 aliphatic rings. The first kappa shape index (κ1) is 22.3. The Balaban J connectivity index is 1.07. The molecule has 0 aromatic heterocycles. The Labute approximate surface area is 213 Å². The predicted octanol–water partition coefficient (Wildman–Crippen LogP) is 3.21. The molecular formula is C29H26N2O6. The van der Waals surface area contributed by atoms with E-state index >= 15 is 0 Å². The van der Waals surface area contributed by atoms with E-state index < -0.39 is 11.9 Å². The minimum atomic E-state index is -0.631. The zero-order valence-corrected chi connectivity index (χ0v) is 20.3. The Kier molecular flexibility index (Phi) is 4.83. The predicted molar refractivity (Wildman–Crippen MR) is 133 cm³/mol. The highest BCUT2D eigenvalue weighted by atomic mass is 16.5. The molecule has 8 nitrogen and oxygen atoms in total. The second-order valence-electron chi connectivity index (χ2n) is 10.7. The maximum Gasteiger partial charge on any atom is 0.316 e. The van der Waals surface area contributed by atoms with Crippen LogP contribution < -0.4 is 19.3 Å². The summed E-state index contributed by atoms with van der Waals surface area (Å²) < 4.78 is 10.9. The Bertz CT molecular complexity index is 1350. The fraction of sp³-hybridized carbons (Fsp3) is 0.379. The van der Waals surface area contributed by atoms with Gasteiger partial charge in [0.15, 0.2) is 0 Å². The highest BCUT2D eigenvalue weighted by Crippen LogP contribution is 2.65. The standard InChI is InChI=1S/C29H26N2O6/c1-36-18-6-2-4-16(11-18)30-14-15(10-24(30)32)29(35)37-19-7-3-5-17(12-19)31-27(33)25-20-8-9-21(23-13-22(20)23)26(25)28(31)34/h2-9,11-12,15,20-23,25-26H,10,13-14H2,1H3/t15-,20+,21+,22-,23+,25+,26-/m0/s1. The van der Waals surface area contributed by atoms with Crippen molar-refractivity contribution < 1.29 is 28.7 Å². The smallest absolute Gasteiger partial charge is 0.316 e. The number of ether oxygens (including phenoxy) is 2. The molecule has 0 unspecified atom stereocenters. The fourth-order valence-electron chi connectivity index (χ4n) is 6.99. The molecule has 3 amide bonds. The first-order chi connectivity index (χ1) is 17.9. The molecule has 0 spiro atoms. The van der Waals surface area contributed by atoms with Crippen molar-refractivity contribution in [3.8, 4) is 11.5 Å². The van der Waals surface area contributed by atoms with Gasteiger partial charge in [-0.2, -0.15) is 0 Å². The lowest BCUT2D eigenvalue weighted by atomic mass is 9.63. The second kappa shape index (κ2) is 8.03. The van der Waals surface area contributed by atoms with Crippen molar-refractivity contribution >= 4 is 35.1 Å². The van der Waals surface area contributed by atoms with Gasteiger partial charge in [0.2, 0.25) is 17.7 Å². The number of benzene rings is 2. The average molecular weight is 499 g/mol. The van der Waals surface area contributed by atoms with Gasteiger partial charge in [0.05, 0.1) is 30.6 Å². The van der Waals surface area contributed by atoms with Crippen LogP contribution in [0.2, 0.25) is 0 Å². The van der Waals surface area contributed by atoms with Gasteiger partial charge in [-0.3, -0.25) is 19.2 Å². The summed E-state index contributed by atoms with van der Waals surface area (Å²) in [4.78, 5) is 55.3. The van der Waals surface area contributed by atoms with Crippen LogP contribution in [0, 0.1) is 41.4 Å². The number of carbonyl (C=O) groups is 4. The normalized spacial score (nSPS) is 33.0. The van der Waals surface area contributed by atoms with Gasteiger partial charge in [0.1, 0.15) is 11.5 Å². The number of carbonyl (C=O) groups excluding carboxylic acids is 4. The van der Waals surface area contributed by atoms with Gasteiger partial charge < -0.3 is 14.4 Å². The summed E-state index contributed by atoms with van der Waals surface area (Å²) in [6.45, 7) is 0.203. The number of allylic oxidation sites excluding steroid dienone is 2. The summed E-state index contributed by atoms with van der Waals surface area (Å²) in [6.07, 6.45) is 5.44. The maximum atomic E-state index is 13.4. The first-order valence-electron chi connectivity index (χ1n) is 12.8. The lowest BCUT2D eigenvalue weighted by Crippen LogP contribution is -2.40. The largest absolute Gasteiger partial charge is 0.497 e. The van der Waals surface area contributed by atoms with E-state index in [4.69, 9.17) is 9.47 Å². The van der Waals surface area contributed by atoms with Crippen LogP contribution in [0.5, 0.6) is 11.5 Å². The van der Waals surface area contributed by atoms with E-state index in [0.29, 0.717) is 29.0 Å². The maximum absolute atomic E-state index is 13.4. The highest BCUT2D eigenvalue weighted by Gasteiger charge is 2.67. The van der Waals surface area contributed by atoms with Crippen LogP contribution in [0.15, 0.2) is 60.7 Å². The lowest BCUT2D eigenvalue weighted by Gasteiger charge is -2.37. The zero-order chi connectivity index (χ0) is 25.4. The quantitative estimate of drug-likeness (QED) is 0.272. The van der Waals surface area contributed by atoms with E-state index in [1.165, 1.54) is 4.90 Å². The number of esters is 1. The van der Waals surface area contributed by atoms with Crippen LogP contribution in [-0.2, 0) is 19.2 Å². The molecule has 2 bridgehead atoms. The molecule has 37 heavy (non-hydrogen) atoms. The Morgan fingerprint density at radius 2 is 1.49 bits per heavy atom. The van der Waals surface area contributed by atoms with Crippen molar-refractivity contribution in [3.63, 3.8) is 0 Å². The van der Waals surface area contributed by atoms with E-state index in [9.17, 15) is 19.2 Å². The molecule has 2 aromatic rings. The molecule has 8 rings (SSSR count). The van der Waals surface area contributed by atoms with Gasteiger partial charge in [-0.15, -0.1) is 0 Å². The van der Waals surface area contributed by atoms with Crippen molar-refractivity contribution in [2.24, 2.45) is 41.4 Å². The van der Waals surface area contributed by atoms with Crippen LogP contribution in [0.25, 0.3) is 0 Å². The number of rotatable bonds is 5. The van der Waals surface area contributed by atoms with Gasteiger partial charge >= 0.3 is 5.97 Å². The summed E-state index contributed by atoms with van der Waals surface area (Å²) in [6, 6.07) is 13.7. The number of amides is 3. The highest BCUT2D eigenvalue weighted by molar-refractivity contribution is 6.22. The minimum Gasteiger partial charge on any atom is -0.497 e. The third kappa shape index (κ3) is 3.35. The van der Waals surface area contributed by atoms with E-state index in [1.807, 2.05) is 0 Å². The van der Waals surface area contributed by atoms with Crippen LogP contribution in [-0.4, -0.2) is 37.3 Å². The summed E-state index contributed by atoms with van der Waals surface area (Å²) in [5.74, 6) is 0.0301. The van der Waals surface area contributed by atoms with Gasteiger partial charge in [0.25, 0.3) is 0 Å². The van der Waals surface area contributed by atoms with Crippen LogP contribution in [0.4, 0.5) is 11.4 Å². The van der Waals surface area contributed by atoms with Crippen molar-refractivity contribution in [2.45, 2.75) is 12.8 Å². The summed E-state index contributed by atoms with van der Waals surface area (Å²) in [5.41, 5.74) is 1.08. The second-order valence-corrected chi connectivity index (χ2v) is 10.7. The SMILES string of the molecule is COc1cccc(N2C[C@@H](C(=O)Oc3cccc(N4C(=O)[C@@H]5[C@@H]6C=C[C@H]([C@H]7C[C@@H]67)[C@@H]5C4=O)c3)CC2=O)c1. The number of hydrogen-bond acceptors (Lipinski definition) is 6. The average Bonchev–Trinajstić information content (AvgIpc) is 3.58. The van der Waals surface area contributed by atoms with Gasteiger partial charge in [-0.1, -0.05) is 24.3 Å². The van der Waals surface area contributed by atoms with E-state index in [1.54, 1.807) is 60.5 Å². The molecule has 4 aliphatic carbocycles. The molecule has 2 saturated carbocycles. The van der Waals surface area contributed by atoms with Crippen LogP contribution >= 0.6 is 0 Å². The van der Waals surface area contributed by atoms with E-state index in [2.05, 4.69) is 12.2 Å². The molecule has 2 aromatic carbocycles. The summed E-state index contributed by atoms with van der Waals surface area (Å²) >= 11 is 0. The molecule has 4 fully saturated rings. The van der Waals surface area contributed by atoms with E-state index in [-0.39, 0.29) is 60.1 Å². The van der Waals surface area contributed by atoms with Crippen molar-refractivity contribution in [1.29, 1.82) is 0 Å².